The first-order valence-electron chi connectivity index (χ1n) is 29.7. The van der Waals surface area contributed by atoms with Crippen LogP contribution in [0.2, 0.25) is 0 Å². The summed E-state index contributed by atoms with van der Waals surface area (Å²) in [6.07, 6.45) is 8.98. The highest BCUT2D eigenvalue weighted by molar-refractivity contribution is 5.95. The fourth-order valence-corrected chi connectivity index (χ4v) is 10.7. The molecule has 18 heteroatoms. The Morgan fingerprint density at radius 2 is 0.768 bits per heavy atom. The number of amides is 8. The molecule has 2 saturated heterocycles. The molecule has 2 heterocycles. The van der Waals surface area contributed by atoms with Gasteiger partial charge in [0.2, 0.25) is 47.3 Å². The lowest BCUT2D eigenvalue weighted by Gasteiger charge is -2.30. The largest absolute Gasteiger partial charge is 0.356 e. The molecule has 0 bridgehead atoms. The molecule has 4 aromatic rings. The zero-order chi connectivity index (χ0) is 58.6. The molecular weight excluding hydrogens is 1040 g/mol. The van der Waals surface area contributed by atoms with E-state index in [0.29, 0.717) is 116 Å². The zero-order valence-electron chi connectivity index (χ0n) is 48.5. The van der Waals surface area contributed by atoms with Crippen molar-refractivity contribution in [3.05, 3.63) is 144 Å². The molecule has 2 fully saturated rings. The van der Waals surface area contributed by atoms with Crippen molar-refractivity contribution < 1.29 is 38.4 Å². The minimum absolute atomic E-state index is 0.0710. The second-order valence-electron chi connectivity index (χ2n) is 21.7. The molecule has 8 N–H and O–H groups in total. The van der Waals surface area contributed by atoms with Crippen molar-refractivity contribution in [2.24, 2.45) is 0 Å². The summed E-state index contributed by atoms with van der Waals surface area (Å²) in [4.78, 5) is 111. The number of hydrogen-bond acceptors (Lipinski definition) is 10. The maximum Gasteiger partial charge on any atom is 0.245 e. The molecule has 0 saturated carbocycles. The maximum absolute atomic E-state index is 14.2. The normalized spacial score (nSPS) is 16.4. The van der Waals surface area contributed by atoms with Gasteiger partial charge in [-0.2, -0.15) is 0 Å². The van der Waals surface area contributed by atoms with Crippen molar-refractivity contribution in [1.82, 2.24) is 52.3 Å². The first-order chi connectivity index (χ1) is 39.8. The van der Waals surface area contributed by atoms with Crippen LogP contribution in [-0.2, 0) is 38.4 Å². The quantitative estimate of drug-likeness (QED) is 0.0264. The number of carbonyl (C=O) groups is 8. The maximum atomic E-state index is 14.2. The molecule has 2 aliphatic heterocycles. The topological polar surface area (TPSA) is 239 Å². The number of rotatable bonds is 33. The summed E-state index contributed by atoms with van der Waals surface area (Å²) in [6.45, 7) is 5.08. The van der Waals surface area contributed by atoms with Crippen LogP contribution in [0.15, 0.2) is 121 Å². The van der Waals surface area contributed by atoms with Crippen LogP contribution in [0.5, 0.6) is 0 Å². The molecule has 82 heavy (non-hydrogen) atoms. The van der Waals surface area contributed by atoms with Crippen LogP contribution in [0.1, 0.15) is 151 Å². The van der Waals surface area contributed by atoms with Crippen LogP contribution in [-0.4, -0.2) is 134 Å². The minimum atomic E-state index is -0.839. The molecule has 6 rings (SSSR count). The lowest BCUT2D eigenvalue weighted by molar-refractivity contribution is -0.142. The minimum Gasteiger partial charge on any atom is -0.356 e. The van der Waals surface area contributed by atoms with Crippen LogP contribution < -0.4 is 42.5 Å². The fraction of sp³-hybridized carbons (Fsp3) is 0.500. The number of likely N-dealkylation sites (tertiary alicyclic amines) is 2. The Labute approximate surface area is 484 Å². The van der Waals surface area contributed by atoms with Gasteiger partial charge in [0.1, 0.15) is 24.2 Å². The van der Waals surface area contributed by atoms with Gasteiger partial charge in [0, 0.05) is 39.0 Å². The lowest BCUT2D eigenvalue weighted by atomic mass is 9.98. The molecule has 0 unspecified atom stereocenters. The fourth-order valence-electron chi connectivity index (χ4n) is 10.7. The number of hydrogen-bond donors (Lipinski definition) is 8. The lowest BCUT2D eigenvalue weighted by Crippen LogP contribution is -2.55. The van der Waals surface area contributed by atoms with E-state index in [9.17, 15) is 38.4 Å². The molecule has 442 valence electrons. The van der Waals surface area contributed by atoms with Gasteiger partial charge in [-0.3, -0.25) is 38.4 Å². The van der Waals surface area contributed by atoms with E-state index in [4.69, 9.17) is 0 Å². The molecule has 6 atom stereocenters. The molecule has 0 radical (unpaired) electrons. The number of nitrogens with one attached hydrogen (secondary N) is 8. The molecule has 0 aliphatic carbocycles. The van der Waals surface area contributed by atoms with E-state index in [1.165, 1.54) is 0 Å². The van der Waals surface area contributed by atoms with E-state index in [-0.39, 0.29) is 47.3 Å². The van der Waals surface area contributed by atoms with Crippen molar-refractivity contribution in [2.45, 2.75) is 165 Å². The summed E-state index contributed by atoms with van der Waals surface area (Å²) in [5.41, 5.74) is 3.71. The highest BCUT2D eigenvalue weighted by Gasteiger charge is 2.40. The van der Waals surface area contributed by atoms with Gasteiger partial charge in [-0.25, -0.2) is 0 Å². The number of benzene rings is 4. The third-order valence-corrected chi connectivity index (χ3v) is 15.7. The van der Waals surface area contributed by atoms with E-state index >= 15 is 0 Å². The van der Waals surface area contributed by atoms with Gasteiger partial charge in [-0.05, 0) is 127 Å². The van der Waals surface area contributed by atoms with E-state index in [0.717, 1.165) is 35.1 Å². The third kappa shape index (κ3) is 19.6. The Hall–Kier alpha value is -7.44. The first-order valence-corrected chi connectivity index (χ1v) is 29.7. The van der Waals surface area contributed by atoms with Crippen molar-refractivity contribution in [3.63, 3.8) is 0 Å². The summed E-state index contributed by atoms with van der Waals surface area (Å²) < 4.78 is 0. The predicted molar refractivity (Wildman–Crippen MR) is 318 cm³/mol. The zero-order valence-corrected chi connectivity index (χ0v) is 48.5. The summed E-state index contributed by atoms with van der Waals surface area (Å²) in [7, 11) is 3.35. The van der Waals surface area contributed by atoms with Crippen LogP contribution in [0.4, 0.5) is 0 Å². The Kier molecular flexibility index (Phi) is 26.5. The predicted octanol–water partition coefficient (Wildman–Crippen LogP) is 5.88. The molecule has 0 aromatic heterocycles. The van der Waals surface area contributed by atoms with Gasteiger partial charge in [-0.1, -0.05) is 134 Å². The summed E-state index contributed by atoms with van der Waals surface area (Å²) in [5.74, 6) is -1.85. The van der Waals surface area contributed by atoms with E-state index < -0.39 is 48.3 Å². The van der Waals surface area contributed by atoms with E-state index in [1.54, 1.807) is 37.7 Å². The SMILES string of the molecule is CN[C@@H](C)C(=O)N[C@@H](CCCCNC(=O)CCCCCCC(=O)NCCCC[C@H](NC(=O)[C@H](C)NC)C(=O)N1CCC[C@H]1C(=O)NC(c1ccccc1)c1ccccc1)C(=O)N1CCC[C@H]1C(=O)NC(c1ccccc1)c1ccccc1. The van der Waals surface area contributed by atoms with Gasteiger partial charge < -0.3 is 52.3 Å². The average Bonchev–Trinajstić information content (AvgIpc) is 4.36. The Morgan fingerprint density at radius 1 is 0.439 bits per heavy atom. The molecule has 0 spiro atoms. The Bertz CT molecular complexity index is 2390. The van der Waals surface area contributed by atoms with E-state index in [2.05, 4.69) is 42.5 Å². The summed E-state index contributed by atoms with van der Waals surface area (Å²) in [5, 5.41) is 24.1. The van der Waals surface area contributed by atoms with Crippen LogP contribution >= 0.6 is 0 Å². The van der Waals surface area contributed by atoms with Crippen LogP contribution in [0.25, 0.3) is 0 Å². The van der Waals surface area contributed by atoms with Crippen molar-refractivity contribution in [2.75, 3.05) is 40.3 Å². The highest BCUT2D eigenvalue weighted by atomic mass is 16.2. The van der Waals surface area contributed by atoms with Crippen molar-refractivity contribution in [3.8, 4) is 0 Å². The molecule has 8 amide bonds. The Balaban J connectivity index is 0.868. The standard InChI is InChI=1S/C64H88N10O8/c1-45(65-3)59(77)69-51(63(81)73-43-25-37-53(73)61(79)71-57(47-27-11-7-12-28-47)48-29-13-8-14-30-48)35-21-23-41-67-55(75)39-19-5-6-20-40-56(76)68-42-24-22-36-52(70-60(78)46(2)66-4)64(82)74-44-26-38-54(74)62(80)72-58(49-31-15-9-16-32-49)50-33-17-10-18-34-50/h7-18,27-34,45-46,51-54,57-58,65-66H,5-6,19-26,35-44H2,1-4H3,(H,67,75)(H,68,76)(H,69,77)(H,70,78)(H,71,79)(H,72,80)/t45-,46-,51-,52-,53-,54-/m0/s1. The van der Waals surface area contributed by atoms with Crippen molar-refractivity contribution in [1.29, 1.82) is 0 Å². The number of unbranched alkanes of at least 4 members (excludes halogenated alkanes) is 5. The number of likely N-dealkylation sites (N-methyl/N-ethyl adjacent to an activating group) is 2. The van der Waals surface area contributed by atoms with Crippen LogP contribution in [0.3, 0.4) is 0 Å². The number of carbonyl (C=O) groups excluding carboxylic acids is 8. The summed E-state index contributed by atoms with van der Waals surface area (Å²) in [6, 6.07) is 34.0. The van der Waals surface area contributed by atoms with Gasteiger partial charge in [0.25, 0.3) is 0 Å². The van der Waals surface area contributed by atoms with E-state index in [1.807, 2.05) is 121 Å². The van der Waals surface area contributed by atoms with Crippen molar-refractivity contribution >= 4 is 47.3 Å². The monoisotopic (exact) mass is 1120 g/mol. The average molecular weight is 1130 g/mol. The Morgan fingerprint density at radius 3 is 1.09 bits per heavy atom. The van der Waals surface area contributed by atoms with Gasteiger partial charge in [0.15, 0.2) is 0 Å². The second-order valence-corrected chi connectivity index (χ2v) is 21.7. The number of nitrogens with zero attached hydrogens (tertiary/aromatic N) is 2. The van der Waals surface area contributed by atoms with Gasteiger partial charge >= 0.3 is 0 Å². The molecule has 18 nitrogen and oxygen atoms in total. The molecular formula is C64H88N10O8. The first kappa shape index (κ1) is 63.7. The van der Waals surface area contributed by atoms with Gasteiger partial charge in [0.05, 0.1) is 24.2 Å². The molecule has 2 aliphatic rings. The smallest absolute Gasteiger partial charge is 0.245 e. The van der Waals surface area contributed by atoms with Gasteiger partial charge in [-0.15, -0.1) is 0 Å². The second kappa shape index (κ2) is 34.1. The summed E-state index contributed by atoms with van der Waals surface area (Å²) >= 11 is 0. The third-order valence-electron chi connectivity index (χ3n) is 15.7. The van der Waals surface area contributed by atoms with Crippen LogP contribution in [0, 0.1) is 0 Å². The highest BCUT2D eigenvalue weighted by Crippen LogP contribution is 2.28. The molecule has 4 aromatic carbocycles.